The van der Waals surface area contributed by atoms with E-state index in [1.54, 1.807) is 41.9 Å². The Balaban J connectivity index is 1.56. The first kappa shape index (κ1) is 29.5. The molecule has 1 amide bonds. The third kappa shape index (κ3) is 5.84. The van der Waals surface area contributed by atoms with Crippen LogP contribution in [0.1, 0.15) is 48.0 Å². The van der Waals surface area contributed by atoms with Crippen LogP contribution in [0.4, 0.5) is 5.82 Å². The van der Waals surface area contributed by atoms with Gasteiger partial charge in [-0.25, -0.2) is 9.97 Å². The highest BCUT2D eigenvalue weighted by molar-refractivity contribution is 6.33. The highest BCUT2D eigenvalue weighted by atomic mass is 35.5. The van der Waals surface area contributed by atoms with Crippen molar-refractivity contribution >= 4 is 23.3 Å². The minimum Gasteiger partial charge on any atom is -0.491 e. The number of aromatic nitrogens is 5. The number of anilines is 1. The minimum atomic E-state index is -0.553. The maximum absolute atomic E-state index is 12.4. The smallest absolute Gasteiger partial charge is 0.243 e. The molecule has 0 radical (unpaired) electrons. The Hall–Kier alpha value is -3.96. The molecule has 11 nitrogen and oxygen atoms in total. The van der Waals surface area contributed by atoms with Crippen molar-refractivity contribution in [1.29, 1.82) is 0 Å². The molecule has 1 aliphatic rings. The molecule has 1 aliphatic heterocycles. The number of carbonyl (C=O) groups excluding carboxylic acids is 1. The van der Waals surface area contributed by atoms with Crippen LogP contribution in [0.15, 0.2) is 28.9 Å². The van der Waals surface area contributed by atoms with Crippen LogP contribution >= 0.6 is 11.6 Å². The second-order valence-electron chi connectivity index (χ2n) is 10.9. The standard InChI is InChI=1S/C30H36ClN7O4/c1-7-8-21(39)16-41-22-9-10-24(31)23(11-22)29-33-28(27-18(3)35-42-19(27)4)17(2)30(34-29)37-13-20-12-32-38(25(20)14-37)15-26(40)36(5)6/h9-12,21,39H,7-8,13-16H2,1-6H3/t21-/m1/s1. The lowest BCUT2D eigenvalue weighted by atomic mass is 10.0. The van der Waals surface area contributed by atoms with E-state index in [0.717, 1.165) is 40.3 Å². The lowest BCUT2D eigenvalue weighted by Crippen LogP contribution is -2.28. The number of hydrogen-bond acceptors (Lipinski definition) is 9. The molecule has 0 fully saturated rings. The van der Waals surface area contributed by atoms with Crippen molar-refractivity contribution in [2.75, 3.05) is 25.6 Å². The molecule has 4 aromatic rings. The van der Waals surface area contributed by atoms with Gasteiger partial charge in [0.25, 0.3) is 0 Å². The normalized spacial score (nSPS) is 13.4. The zero-order valence-corrected chi connectivity index (χ0v) is 25.6. The maximum Gasteiger partial charge on any atom is 0.243 e. The first-order chi connectivity index (χ1) is 20.1. The quantitative estimate of drug-likeness (QED) is 0.278. The summed E-state index contributed by atoms with van der Waals surface area (Å²) < 4.78 is 13.1. The number of aliphatic hydroxyl groups is 1. The summed E-state index contributed by atoms with van der Waals surface area (Å²) in [5.41, 5.74) is 5.72. The average Bonchev–Trinajstić information content (AvgIpc) is 3.64. The number of fused-ring (bicyclic) bond motifs is 1. The van der Waals surface area contributed by atoms with E-state index >= 15 is 0 Å². The van der Waals surface area contributed by atoms with Crippen LogP contribution in [0.25, 0.3) is 22.6 Å². The molecule has 1 aromatic carbocycles. The third-order valence-electron chi connectivity index (χ3n) is 7.45. The summed E-state index contributed by atoms with van der Waals surface area (Å²) in [5.74, 6) is 2.35. The van der Waals surface area contributed by atoms with Crippen molar-refractivity contribution < 1.29 is 19.2 Å². The molecular formula is C30H36ClN7O4. The van der Waals surface area contributed by atoms with E-state index < -0.39 is 6.10 Å². The highest BCUT2D eigenvalue weighted by Gasteiger charge is 2.30. The Bertz CT molecular complexity index is 1590. The van der Waals surface area contributed by atoms with Gasteiger partial charge in [-0.15, -0.1) is 0 Å². The molecule has 12 heteroatoms. The number of halogens is 1. The summed E-state index contributed by atoms with van der Waals surface area (Å²) in [4.78, 5) is 26.1. The van der Waals surface area contributed by atoms with Crippen molar-refractivity contribution in [1.82, 2.24) is 29.8 Å². The number of benzene rings is 1. The van der Waals surface area contributed by atoms with Gasteiger partial charge in [0.2, 0.25) is 5.91 Å². The molecular weight excluding hydrogens is 558 g/mol. The molecule has 0 aliphatic carbocycles. The molecule has 3 aromatic heterocycles. The van der Waals surface area contributed by atoms with Crippen molar-refractivity contribution in [3.05, 3.63) is 57.7 Å². The number of nitrogens with zero attached hydrogens (tertiary/aromatic N) is 7. The van der Waals surface area contributed by atoms with Crippen molar-refractivity contribution in [2.24, 2.45) is 0 Å². The number of aryl methyl sites for hydroxylation is 2. The van der Waals surface area contributed by atoms with Gasteiger partial charge in [-0.1, -0.05) is 30.1 Å². The SMILES string of the molecule is CCC[C@@H](O)COc1ccc(Cl)c(-c2nc(-c3c(C)noc3C)c(C)c(N3Cc4cnn(CC(=O)N(C)C)c4C3)n2)c1. The van der Waals surface area contributed by atoms with Crippen molar-refractivity contribution in [2.45, 2.75) is 66.3 Å². The van der Waals surface area contributed by atoms with Crippen LogP contribution in [0, 0.1) is 20.8 Å². The second-order valence-corrected chi connectivity index (χ2v) is 11.3. The van der Waals surface area contributed by atoms with E-state index in [1.807, 2.05) is 33.9 Å². The van der Waals surface area contributed by atoms with Gasteiger partial charge in [0.05, 0.1) is 46.5 Å². The minimum absolute atomic E-state index is 0.0282. The Labute approximate surface area is 250 Å². The van der Waals surface area contributed by atoms with Crippen molar-refractivity contribution in [3.63, 3.8) is 0 Å². The molecule has 1 N–H and O–H groups in total. The van der Waals surface area contributed by atoms with E-state index in [0.29, 0.717) is 53.1 Å². The van der Waals surface area contributed by atoms with E-state index in [1.165, 1.54) is 0 Å². The zero-order chi connectivity index (χ0) is 30.1. The molecule has 0 bridgehead atoms. The molecule has 1 atom stereocenters. The molecule has 4 heterocycles. The number of rotatable bonds is 10. The van der Waals surface area contributed by atoms with Gasteiger partial charge in [0.1, 0.15) is 30.5 Å². The van der Waals surface area contributed by atoms with E-state index in [9.17, 15) is 9.90 Å². The molecule has 5 rings (SSSR count). The molecule has 0 unspecified atom stereocenters. The van der Waals surface area contributed by atoms with Gasteiger partial charge in [-0.05, 0) is 45.4 Å². The Morgan fingerprint density at radius 2 is 2.00 bits per heavy atom. The fourth-order valence-corrected chi connectivity index (χ4v) is 5.34. The Morgan fingerprint density at radius 1 is 1.21 bits per heavy atom. The number of carbonyl (C=O) groups is 1. The van der Waals surface area contributed by atoms with Gasteiger partial charge in [-0.2, -0.15) is 5.10 Å². The number of aliphatic hydroxyl groups excluding tert-OH is 1. The molecule has 0 saturated carbocycles. The fourth-order valence-electron chi connectivity index (χ4n) is 5.13. The fraction of sp³-hybridized carbons (Fsp3) is 0.433. The number of likely N-dealkylation sites (N-methyl/N-ethyl adjacent to an activating group) is 1. The summed E-state index contributed by atoms with van der Waals surface area (Å²) in [6, 6.07) is 5.32. The lowest BCUT2D eigenvalue weighted by molar-refractivity contribution is -0.129. The van der Waals surface area contributed by atoms with Gasteiger partial charge in [0.15, 0.2) is 5.82 Å². The molecule has 0 spiro atoms. The van der Waals surface area contributed by atoms with Crippen LogP contribution < -0.4 is 9.64 Å². The van der Waals surface area contributed by atoms with Crippen LogP contribution in [0.3, 0.4) is 0 Å². The first-order valence-corrected chi connectivity index (χ1v) is 14.4. The Morgan fingerprint density at radius 3 is 2.69 bits per heavy atom. The van der Waals surface area contributed by atoms with Crippen LogP contribution in [-0.2, 0) is 24.4 Å². The molecule has 42 heavy (non-hydrogen) atoms. The number of hydrogen-bond donors (Lipinski definition) is 1. The number of ether oxygens (including phenoxy) is 1. The molecule has 0 saturated heterocycles. The van der Waals surface area contributed by atoms with Crippen LogP contribution in [-0.4, -0.2) is 67.6 Å². The molecule has 222 valence electrons. The maximum atomic E-state index is 12.4. The predicted molar refractivity (Wildman–Crippen MR) is 159 cm³/mol. The topological polar surface area (TPSA) is 123 Å². The van der Waals surface area contributed by atoms with Crippen LogP contribution in [0.2, 0.25) is 5.02 Å². The van der Waals surface area contributed by atoms with Crippen molar-refractivity contribution in [3.8, 4) is 28.4 Å². The third-order valence-corrected chi connectivity index (χ3v) is 7.78. The monoisotopic (exact) mass is 593 g/mol. The predicted octanol–water partition coefficient (Wildman–Crippen LogP) is 4.72. The summed E-state index contributed by atoms with van der Waals surface area (Å²) in [7, 11) is 3.47. The lowest BCUT2D eigenvalue weighted by Gasteiger charge is -2.22. The Kier molecular flexibility index (Phi) is 8.51. The summed E-state index contributed by atoms with van der Waals surface area (Å²) in [6.45, 7) is 9.21. The van der Waals surface area contributed by atoms with Gasteiger partial charge in [0, 0.05) is 37.3 Å². The van der Waals surface area contributed by atoms with Gasteiger partial charge in [-0.3, -0.25) is 9.48 Å². The second kappa shape index (κ2) is 12.1. The van der Waals surface area contributed by atoms with Gasteiger partial charge < -0.3 is 24.2 Å². The highest BCUT2D eigenvalue weighted by Crippen LogP contribution is 2.39. The zero-order valence-electron chi connectivity index (χ0n) is 24.8. The van der Waals surface area contributed by atoms with E-state index in [2.05, 4.69) is 15.2 Å². The van der Waals surface area contributed by atoms with E-state index in [-0.39, 0.29) is 19.1 Å². The number of amides is 1. The summed E-state index contributed by atoms with van der Waals surface area (Å²) in [5, 5.41) is 19.3. The first-order valence-electron chi connectivity index (χ1n) is 14.0. The largest absolute Gasteiger partial charge is 0.491 e. The summed E-state index contributed by atoms with van der Waals surface area (Å²) in [6.07, 6.45) is 2.79. The van der Waals surface area contributed by atoms with Crippen LogP contribution in [0.5, 0.6) is 5.75 Å². The van der Waals surface area contributed by atoms with E-state index in [4.69, 9.17) is 30.8 Å². The van der Waals surface area contributed by atoms with Gasteiger partial charge >= 0.3 is 0 Å². The summed E-state index contributed by atoms with van der Waals surface area (Å²) >= 11 is 6.71. The average molecular weight is 594 g/mol.